The summed E-state index contributed by atoms with van der Waals surface area (Å²) >= 11 is 0. The van der Waals surface area contributed by atoms with E-state index in [9.17, 15) is 4.79 Å². The number of aromatic amines is 1. The monoisotopic (exact) mass is 196 g/mol. The summed E-state index contributed by atoms with van der Waals surface area (Å²) < 4.78 is 0. The van der Waals surface area contributed by atoms with E-state index in [1.54, 1.807) is 18.0 Å². The van der Waals surface area contributed by atoms with Crippen LogP contribution >= 0.6 is 0 Å². The minimum Gasteiger partial charge on any atom is -0.382 e. The number of hydrogen-bond donors (Lipinski definition) is 2. The zero-order valence-electron chi connectivity index (χ0n) is 8.58. The Bertz CT molecular complexity index is 308. The van der Waals surface area contributed by atoms with Crippen LogP contribution in [0.15, 0.2) is 6.07 Å². The van der Waals surface area contributed by atoms with Crippen LogP contribution in [0.4, 0.5) is 5.82 Å². The molecule has 3 N–H and O–H groups in total. The quantitative estimate of drug-likeness (QED) is 0.750. The number of carbonyl (C=O) groups is 1. The van der Waals surface area contributed by atoms with Gasteiger partial charge in [-0.3, -0.25) is 9.89 Å². The average molecular weight is 196 g/mol. The Morgan fingerprint density at radius 1 is 1.71 bits per heavy atom. The number of nitrogen functional groups attached to an aromatic ring is 1. The number of nitrogens with two attached hydrogens (primary N) is 1. The second kappa shape index (κ2) is 4.64. The fraction of sp³-hybridized carbons (Fsp3) is 0.556. The zero-order chi connectivity index (χ0) is 10.6. The molecule has 1 amide bonds. The van der Waals surface area contributed by atoms with Crippen LogP contribution in [0.25, 0.3) is 0 Å². The molecule has 1 heterocycles. The van der Waals surface area contributed by atoms with Gasteiger partial charge in [0.25, 0.3) is 5.91 Å². The standard InChI is InChI=1S/C9H16N4O/c1-3-4-5-13(2)9(14)7-6-8(10)12-11-7/h6H,3-5H2,1-2H3,(H3,10,11,12). The lowest BCUT2D eigenvalue weighted by atomic mass is 10.3. The molecular weight excluding hydrogens is 180 g/mol. The summed E-state index contributed by atoms with van der Waals surface area (Å²) in [5.41, 5.74) is 5.85. The highest BCUT2D eigenvalue weighted by Gasteiger charge is 2.12. The van der Waals surface area contributed by atoms with Gasteiger partial charge < -0.3 is 10.6 Å². The molecule has 0 fully saturated rings. The lowest BCUT2D eigenvalue weighted by Crippen LogP contribution is -2.27. The van der Waals surface area contributed by atoms with Gasteiger partial charge in [-0.1, -0.05) is 13.3 Å². The topological polar surface area (TPSA) is 75.0 Å². The molecule has 0 spiro atoms. The first-order valence-electron chi connectivity index (χ1n) is 4.71. The van der Waals surface area contributed by atoms with Gasteiger partial charge in [0.2, 0.25) is 0 Å². The third-order valence-electron chi connectivity index (χ3n) is 2.02. The number of anilines is 1. The van der Waals surface area contributed by atoms with Crippen molar-refractivity contribution < 1.29 is 4.79 Å². The molecule has 0 aromatic carbocycles. The Kier molecular flexibility index (Phi) is 3.50. The van der Waals surface area contributed by atoms with Crippen molar-refractivity contribution in [2.75, 3.05) is 19.3 Å². The maximum Gasteiger partial charge on any atom is 0.271 e. The van der Waals surface area contributed by atoms with Crippen LogP contribution in [0.5, 0.6) is 0 Å². The first-order valence-corrected chi connectivity index (χ1v) is 4.71. The predicted octanol–water partition coefficient (Wildman–Crippen LogP) is 0.864. The highest BCUT2D eigenvalue weighted by Crippen LogP contribution is 2.04. The van der Waals surface area contributed by atoms with Crippen molar-refractivity contribution >= 4 is 11.7 Å². The number of aromatic nitrogens is 2. The molecular formula is C9H16N4O. The van der Waals surface area contributed by atoms with Crippen LogP contribution in [-0.4, -0.2) is 34.6 Å². The molecule has 0 unspecified atom stereocenters. The Morgan fingerprint density at radius 3 is 2.93 bits per heavy atom. The number of unbranched alkanes of at least 4 members (excludes halogenated alkanes) is 1. The summed E-state index contributed by atoms with van der Waals surface area (Å²) in [5.74, 6) is 0.278. The molecule has 5 heteroatoms. The van der Waals surface area contributed by atoms with Crippen molar-refractivity contribution in [2.45, 2.75) is 19.8 Å². The maximum absolute atomic E-state index is 11.7. The molecule has 5 nitrogen and oxygen atoms in total. The van der Waals surface area contributed by atoms with Gasteiger partial charge in [-0.05, 0) is 6.42 Å². The van der Waals surface area contributed by atoms with Gasteiger partial charge in [-0.15, -0.1) is 0 Å². The van der Waals surface area contributed by atoms with E-state index in [1.807, 2.05) is 0 Å². The summed E-state index contributed by atoms with van der Waals surface area (Å²) in [5, 5.41) is 6.30. The molecule has 0 saturated carbocycles. The van der Waals surface area contributed by atoms with Gasteiger partial charge in [0, 0.05) is 19.7 Å². The minimum absolute atomic E-state index is 0.0670. The van der Waals surface area contributed by atoms with Crippen LogP contribution in [0.3, 0.4) is 0 Å². The second-order valence-corrected chi connectivity index (χ2v) is 3.29. The molecule has 1 aromatic rings. The van der Waals surface area contributed by atoms with Gasteiger partial charge >= 0.3 is 0 Å². The predicted molar refractivity (Wildman–Crippen MR) is 54.9 cm³/mol. The normalized spacial score (nSPS) is 10.1. The van der Waals surface area contributed by atoms with Crippen LogP contribution in [-0.2, 0) is 0 Å². The van der Waals surface area contributed by atoms with Crippen LogP contribution in [0.2, 0.25) is 0 Å². The van der Waals surface area contributed by atoms with E-state index in [0.717, 1.165) is 19.4 Å². The number of nitrogens with zero attached hydrogens (tertiary/aromatic N) is 2. The van der Waals surface area contributed by atoms with E-state index in [-0.39, 0.29) is 5.91 Å². The molecule has 0 atom stereocenters. The Morgan fingerprint density at radius 2 is 2.43 bits per heavy atom. The summed E-state index contributed by atoms with van der Waals surface area (Å²) in [7, 11) is 1.77. The van der Waals surface area contributed by atoms with Gasteiger partial charge in [-0.2, -0.15) is 5.10 Å². The number of nitrogens with one attached hydrogen (secondary N) is 1. The van der Waals surface area contributed by atoms with Crippen molar-refractivity contribution in [2.24, 2.45) is 0 Å². The summed E-state index contributed by atoms with van der Waals surface area (Å²) in [4.78, 5) is 13.3. The average Bonchev–Trinajstić information content (AvgIpc) is 2.60. The van der Waals surface area contributed by atoms with E-state index in [4.69, 9.17) is 5.73 Å². The van der Waals surface area contributed by atoms with E-state index in [1.165, 1.54) is 0 Å². The number of H-pyrrole nitrogens is 1. The molecule has 0 aliphatic carbocycles. The second-order valence-electron chi connectivity index (χ2n) is 3.29. The van der Waals surface area contributed by atoms with Crippen LogP contribution < -0.4 is 5.73 Å². The number of amides is 1. The maximum atomic E-state index is 11.7. The molecule has 14 heavy (non-hydrogen) atoms. The molecule has 0 saturated heterocycles. The van der Waals surface area contributed by atoms with Crippen molar-refractivity contribution in [1.82, 2.24) is 15.1 Å². The number of rotatable bonds is 4. The lowest BCUT2D eigenvalue weighted by Gasteiger charge is -2.14. The Labute approximate surface area is 83.3 Å². The van der Waals surface area contributed by atoms with E-state index < -0.39 is 0 Å². The molecule has 0 radical (unpaired) electrons. The molecule has 1 rings (SSSR count). The van der Waals surface area contributed by atoms with Crippen molar-refractivity contribution in [3.63, 3.8) is 0 Å². The van der Waals surface area contributed by atoms with E-state index >= 15 is 0 Å². The van der Waals surface area contributed by atoms with Crippen molar-refractivity contribution in [3.8, 4) is 0 Å². The van der Waals surface area contributed by atoms with E-state index in [0.29, 0.717) is 11.5 Å². The molecule has 0 aliphatic rings. The first kappa shape index (κ1) is 10.6. The molecule has 78 valence electrons. The third kappa shape index (κ3) is 2.48. The smallest absolute Gasteiger partial charge is 0.271 e. The fourth-order valence-electron chi connectivity index (χ4n) is 1.15. The fourth-order valence-corrected chi connectivity index (χ4v) is 1.15. The summed E-state index contributed by atoms with van der Waals surface area (Å²) in [6.45, 7) is 2.85. The van der Waals surface area contributed by atoms with Gasteiger partial charge in [-0.25, -0.2) is 0 Å². The molecule has 0 aliphatic heterocycles. The largest absolute Gasteiger partial charge is 0.382 e. The van der Waals surface area contributed by atoms with Gasteiger partial charge in [0.15, 0.2) is 0 Å². The summed E-state index contributed by atoms with van der Waals surface area (Å²) in [6, 6.07) is 1.55. The van der Waals surface area contributed by atoms with Crippen LogP contribution in [0.1, 0.15) is 30.3 Å². The summed E-state index contributed by atoms with van der Waals surface area (Å²) in [6.07, 6.45) is 2.08. The SMILES string of the molecule is CCCCN(C)C(=O)c1cc(N)n[nH]1. The first-order chi connectivity index (χ1) is 6.65. The lowest BCUT2D eigenvalue weighted by molar-refractivity contribution is 0.0787. The van der Waals surface area contributed by atoms with Gasteiger partial charge in [0.1, 0.15) is 11.5 Å². The highest BCUT2D eigenvalue weighted by molar-refractivity contribution is 5.92. The number of carbonyl (C=O) groups excluding carboxylic acids is 1. The minimum atomic E-state index is -0.0670. The van der Waals surface area contributed by atoms with E-state index in [2.05, 4.69) is 17.1 Å². The Hall–Kier alpha value is -1.52. The number of hydrogen-bond acceptors (Lipinski definition) is 3. The zero-order valence-corrected chi connectivity index (χ0v) is 8.58. The van der Waals surface area contributed by atoms with Crippen LogP contribution in [0, 0.1) is 0 Å². The Balaban J connectivity index is 2.56. The highest BCUT2D eigenvalue weighted by atomic mass is 16.2. The molecule has 1 aromatic heterocycles. The van der Waals surface area contributed by atoms with Crippen molar-refractivity contribution in [3.05, 3.63) is 11.8 Å². The van der Waals surface area contributed by atoms with Crippen molar-refractivity contribution in [1.29, 1.82) is 0 Å². The molecule has 0 bridgehead atoms. The van der Waals surface area contributed by atoms with Gasteiger partial charge in [0.05, 0.1) is 0 Å². The third-order valence-corrected chi connectivity index (χ3v) is 2.02.